The van der Waals surface area contributed by atoms with Crippen LogP contribution in [0, 0.1) is 10.1 Å². The Morgan fingerprint density at radius 1 is 1.45 bits per heavy atom. The van der Waals surface area contributed by atoms with Gasteiger partial charge in [0.1, 0.15) is 11.3 Å². The number of aromatic nitrogens is 1. The molecule has 8 nitrogen and oxygen atoms in total. The van der Waals surface area contributed by atoms with E-state index in [1.807, 2.05) is 0 Å². The number of rotatable bonds is 6. The third-order valence-electron chi connectivity index (χ3n) is 2.27. The molecule has 1 heterocycles. The van der Waals surface area contributed by atoms with Gasteiger partial charge in [-0.1, -0.05) is 0 Å². The van der Waals surface area contributed by atoms with Crippen molar-refractivity contribution in [3.05, 3.63) is 21.7 Å². The minimum absolute atomic E-state index is 0.0360. The zero-order chi connectivity index (χ0) is 16.9. The molecule has 0 saturated carbocycles. The lowest BCUT2D eigenvalue weighted by atomic mass is 10.1. The Kier molecular flexibility index (Phi) is 5.49. The highest BCUT2D eigenvalue weighted by Gasteiger charge is 2.36. The Morgan fingerprint density at radius 3 is 2.55 bits per heavy atom. The number of hydrogen-bond acceptors (Lipinski definition) is 7. The molecule has 0 saturated heterocycles. The zero-order valence-corrected chi connectivity index (χ0v) is 11.5. The van der Waals surface area contributed by atoms with E-state index >= 15 is 0 Å². The molecule has 0 amide bonds. The van der Waals surface area contributed by atoms with Gasteiger partial charge in [-0.25, -0.2) is 0 Å². The van der Waals surface area contributed by atoms with E-state index in [1.165, 1.54) is 6.92 Å². The molecule has 11 heteroatoms. The van der Waals surface area contributed by atoms with E-state index in [0.29, 0.717) is 6.07 Å². The van der Waals surface area contributed by atoms with Crippen LogP contribution in [0.25, 0.3) is 0 Å². The Morgan fingerprint density at radius 2 is 2.09 bits per heavy atom. The summed E-state index contributed by atoms with van der Waals surface area (Å²) in [4.78, 5) is 24.7. The summed E-state index contributed by atoms with van der Waals surface area (Å²) in [5.41, 5.74) is -0.651. The van der Waals surface area contributed by atoms with Crippen LogP contribution in [0.15, 0.2) is 6.07 Å². The molecule has 0 aliphatic rings. The highest BCUT2D eigenvalue weighted by molar-refractivity contribution is 5.75. The van der Waals surface area contributed by atoms with Gasteiger partial charge in [-0.2, -0.15) is 0 Å². The number of nitrogens with zero attached hydrogens (tertiary/aromatic N) is 2. The van der Waals surface area contributed by atoms with Gasteiger partial charge in [-0.15, -0.1) is 13.2 Å². The summed E-state index contributed by atoms with van der Waals surface area (Å²) < 4.78 is 50.1. The SMILES string of the molecule is CCOC(=O)Cc1c(OC(F)(F)F)cc(OC)nc1[N+](=O)[O-]. The van der Waals surface area contributed by atoms with E-state index in [4.69, 9.17) is 0 Å². The predicted octanol–water partition coefficient (Wildman–Crippen LogP) is 2.00. The van der Waals surface area contributed by atoms with Gasteiger partial charge in [0.25, 0.3) is 0 Å². The molecule has 1 aromatic heterocycles. The van der Waals surface area contributed by atoms with Crippen molar-refractivity contribution in [3.63, 3.8) is 0 Å². The molecule has 0 radical (unpaired) electrons. The number of alkyl halides is 3. The van der Waals surface area contributed by atoms with E-state index in [-0.39, 0.29) is 6.61 Å². The molecule has 1 aromatic rings. The normalized spacial score (nSPS) is 11.0. The average Bonchev–Trinajstić information content (AvgIpc) is 2.38. The maximum Gasteiger partial charge on any atom is 0.573 e. The maximum atomic E-state index is 12.4. The molecule has 0 atom stereocenters. The monoisotopic (exact) mass is 324 g/mol. The second kappa shape index (κ2) is 6.91. The topological polar surface area (TPSA) is 101 Å². The van der Waals surface area contributed by atoms with Gasteiger partial charge in [0.2, 0.25) is 0 Å². The molecule has 0 aromatic carbocycles. The van der Waals surface area contributed by atoms with Crippen molar-refractivity contribution in [1.82, 2.24) is 4.98 Å². The van der Waals surface area contributed by atoms with Crippen molar-refractivity contribution in [2.45, 2.75) is 19.7 Å². The second-order valence-electron chi connectivity index (χ2n) is 3.75. The first kappa shape index (κ1) is 17.5. The van der Waals surface area contributed by atoms with Crippen LogP contribution in [0.3, 0.4) is 0 Å². The van der Waals surface area contributed by atoms with Crippen LogP contribution in [0.2, 0.25) is 0 Å². The Balaban J connectivity index is 3.38. The largest absolute Gasteiger partial charge is 0.573 e. The summed E-state index contributed by atoms with van der Waals surface area (Å²) in [5, 5.41) is 10.9. The number of ether oxygens (including phenoxy) is 3. The molecule has 0 fully saturated rings. The third kappa shape index (κ3) is 4.75. The summed E-state index contributed by atoms with van der Waals surface area (Å²) in [6.07, 6.45) is -5.91. The standard InChI is InChI=1S/C11H11F3N2O6/c1-3-21-9(17)4-6-7(22-11(12,13)14)5-8(20-2)15-10(6)16(18)19/h5H,3-4H2,1-2H3. The highest BCUT2D eigenvalue weighted by atomic mass is 19.4. The zero-order valence-electron chi connectivity index (χ0n) is 11.5. The molecule has 0 aliphatic carbocycles. The second-order valence-corrected chi connectivity index (χ2v) is 3.75. The number of methoxy groups -OCH3 is 1. The minimum Gasteiger partial charge on any atom is -0.466 e. The summed E-state index contributed by atoms with van der Waals surface area (Å²) in [7, 11) is 1.06. The number of halogens is 3. The number of carbonyl (C=O) groups is 1. The van der Waals surface area contributed by atoms with Gasteiger partial charge < -0.3 is 24.3 Å². The predicted molar refractivity (Wildman–Crippen MR) is 64.5 cm³/mol. The molecule has 22 heavy (non-hydrogen) atoms. The third-order valence-corrected chi connectivity index (χ3v) is 2.27. The molecular formula is C11H11F3N2O6. The lowest BCUT2D eigenvalue weighted by molar-refractivity contribution is -0.390. The summed E-state index contributed by atoms with van der Waals surface area (Å²) in [5.74, 6) is -3.34. The van der Waals surface area contributed by atoms with Gasteiger partial charge in [-0.3, -0.25) is 4.79 Å². The van der Waals surface area contributed by atoms with Crippen molar-refractivity contribution in [1.29, 1.82) is 0 Å². The van der Waals surface area contributed by atoms with Gasteiger partial charge in [0, 0.05) is 4.98 Å². The smallest absolute Gasteiger partial charge is 0.466 e. The van der Waals surface area contributed by atoms with Gasteiger partial charge in [-0.05, 0) is 11.8 Å². The number of esters is 1. The average molecular weight is 324 g/mol. The number of hydrogen-bond donors (Lipinski definition) is 0. The fourth-order valence-electron chi connectivity index (χ4n) is 1.51. The van der Waals surface area contributed by atoms with Crippen LogP contribution in [0.5, 0.6) is 11.6 Å². The van der Waals surface area contributed by atoms with Crippen LogP contribution in [0.1, 0.15) is 12.5 Å². The van der Waals surface area contributed by atoms with Crippen molar-refractivity contribution >= 4 is 11.8 Å². The van der Waals surface area contributed by atoms with Crippen molar-refractivity contribution < 1.29 is 37.1 Å². The molecule has 122 valence electrons. The minimum atomic E-state index is -5.11. The van der Waals surface area contributed by atoms with E-state index in [9.17, 15) is 28.1 Å². The molecule has 0 bridgehead atoms. The summed E-state index contributed by atoms with van der Waals surface area (Å²) in [6, 6.07) is 0.703. The Bertz CT molecular complexity index is 576. The van der Waals surface area contributed by atoms with Crippen LogP contribution < -0.4 is 9.47 Å². The molecule has 0 unspecified atom stereocenters. The van der Waals surface area contributed by atoms with Crippen LogP contribution in [-0.4, -0.2) is 36.0 Å². The summed E-state index contributed by atoms with van der Waals surface area (Å²) >= 11 is 0. The first-order valence-electron chi connectivity index (χ1n) is 5.81. The van der Waals surface area contributed by atoms with Crippen molar-refractivity contribution in [2.75, 3.05) is 13.7 Å². The van der Waals surface area contributed by atoms with E-state index in [2.05, 4.69) is 19.2 Å². The number of pyridine rings is 1. The lowest BCUT2D eigenvalue weighted by Crippen LogP contribution is -2.20. The molecule has 0 N–H and O–H groups in total. The first-order chi connectivity index (χ1) is 10.2. The van der Waals surface area contributed by atoms with E-state index in [1.54, 1.807) is 0 Å². The van der Waals surface area contributed by atoms with Crippen molar-refractivity contribution in [3.8, 4) is 11.6 Å². The maximum absolute atomic E-state index is 12.4. The molecule has 0 spiro atoms. The van der Waals surface area contributed by atoms with Crippen LogP contribution >= 0.6 is 0 Å². The van der Waals surface area contributed by atoms with Gasteiger partial charge in [0.15, 0.2) is 0 Å². The van der Waals surface area contributed by atoms with Gasteiger partial charge >= 0.3 is 24.0 Å². The highest BCUT2D eigenvalue weighted by Crippen LogP contribution is 2.34. The number of nitro groups is 1. The fourth-order valence-corrected chi connectivity index (χ4v) is 1.51. The molecule has 1 rings (SSSR count). The van der Waals surface area contributed by atoms with Gasteiger partial charge in [0.05, 0.1) is 26.2 Å². The van der Waals surface area contributed by atoms with Crippen molar-refractivity contribution in [2.24, 2.45) is 0 Å². The Labute approximate surface area is 121 Å². The summed E-state index contributed by atoms with van der Waals surface area (Å²) in [6.45, 7) is 1.44. The lowest BCUT2D eigenvalue weighted by Gasteiger charge is -2.13. The number of carbonyl (C=O) groups excluding carboxylic acids is 1. The van der Waals surface area contributed by atoms with E-state index < -0.39 is 46.7 Å². The molecular weight excluding hydrogens is 313 g/mol. The molecule has 0 aliphatic heterocycles. The fraction of sp³-hybridized carbons (Fsp3) is 0.455. The van der Waals surface area contributed by atoms with Crippen LogP contribution in [0.4, 0.5) is 19.0 Å². The van der Waals surface area contributed by atoms with Crippen LogP contribution in [-0.2, 0) is 16.0 Å². The first-order valence-corrected chi connectivity index (χ1v) is 5.81. The quantitative estimate of drug-likeness (QED) is 0.448. The Hall–Kier alpha value is -2.59. The van der Waals surface area contributed by atoms with E-state index in [0.717, 1.165) is 7.11 Å².